The maximum absolute atomic E-state index is 12.5. The number of piperidine rings is 1. The molecule has 1 fully saturated rings. The van der Waals surface area contributed by atoms with Crippen molar-refractivity contribution in [1.29, 1.82) is 0 Å². The molecule has 1 aromatic rings. The van der Waals surface area contributed by atoms with Crippen molar-refractivity contribution >= 4 is 23.5 Å². The minimum absolute atomic E-state index is 0.291. The zero-order valence-electron chi connectivity index (χ0n) is 10.7. The summed E-state index contributed by atoms with van der Waals surface area (Å²) in [4.78, 5) is 25.1. The maximum Gasteiger partial charge on any atom is 0.326 e. The van der Waals surface area contributed by atoms with Crippen LogP contribution in [0.4, 0.5) is 0 Å². The molecule has 1 amide bonds. The van der Waals surface area contributed by atoms with Crippen LogP contribution < -0.4 is 0 Å². The lowest BCUT2D eigenvalue weighted by Gasteiger charge is -2.33. The van der Waals surface area contributed by atoms with E-state index in [2.05, 4.69) is 0 Å². The van der Waals surface area contributed by atoms with Crippen LogP contribution in [-0.4, -0.2) is 34.5 Å². The standard InChI is InChI=1S/C14H16ClNO3/c1-9-5-4-6-10(12(9)15)13(17)16-8-3-2-7-11(16)14(18)19/h4-6,11H,2-3,7-8H2,1H3,(H,18,19)/t11-/m0/s1. The van der Waals surface area contributed by atoms with Crippen molar-refractivity contribution in [2.45, 2.75) is 32.2 Å². The summed E-state index contributed by atoms with van der Waals surface area (Å²) in [5, 5.41) is 9.61. The van der Waals surface area contributed by atoms with Gasteiger partial charge >= 0.3 is 5.97 Å². The van der Waals surface area contributed by atoms with Crippen LogP contribution in [0.5, 0.6) is 0 Å². The number of hydrogen-bond acceptors (Lipinski definition) is 2. The number of carbonyl (C=O) groups is 2. The molecule has 0 unspecified atom stereocenters. The van der Waals surface area contributed by atoms with E-state index in [-0.39, 0.29) is 5.91 Å². The molecule has 19 heavy (non-hydrogen) atoms. The van der Waals surface area contributed by atoms with Crippen LogP contribution >= 0.6 is 11.6 Å². The fraction of sp³-hybridized carbons (Fsp3) is 0.429. The number of likely N-dealkylation sites (tertiary alicyclic amines) is 1. The number of aryl methyl sites for hydroxylation is 1. The van der Waals surface area contributed by atoms with Gasteiger partial charge in [-0.25, -0.2) is 4.79 Å². The first-order valence-electron chi connectivity index (χ1n) is 6.31. The fourth-order valence-electron chi connectivity index (χ4n) is 2.40. The predicted octanol–water partition coefficient (Wildman–Crippen LogP) is 2.73. The van der Waals surface area contributed by atoms with E-state index in [1.165, 1.54) is 4.90 Å². The number of rotatable bonds is 2. The normalized spacial score (nSPS) is 19.3. The molecule has 0 spiro atoms. The summed E-state index contributed by atoms with van der Waals surface area (Å²) in [5.41, 5.74) is 1.20. The highest BCUT2D eigenvalue weighted by molar-refractivity contribution is 6.34. The van der Waals surface area contributed by atoms with E-state index >= 15 is 0 Å². The molecular weight excluding hydrogens is 266 g/mol. The molecule has 5 heteroatoms. The summed E-state index contributed by atoms with van der Waals surface area (Å²) >= 11 is 6.14. The number of aliphatic carboxylic acids is 1. The second-order valence-corrected chi connectivity index (χ2v) is 5.16. The Morgan fingerprint density at radius 2 is 2.11 bits per heavy atom. The van der Waals surface area contributed by atoms with E-state index in [0.29, 0.717) is 23.6 Å². The smallest absolute Gasteiger partial charge is 0.326 e. The van der Waals surface area contributed by atoms with Gasteiger partial charge in [0.1, 0.15) is 6.04 Å². The predicted molar refractivity (Wildman–Crippen MR) is 72.5 cm³/mol. The number of carboxylic acids is 1. The average Bonchev–Trinajstić information content (AvgIpc) is 2.41. The van der Waals surface area contributed by atoms with Gasteiger partial charge in [0.05, 0.1) is 10.6 Å². The van der Waals surface area contributed by atoms with E-state index in [4.69, 9.17) is 11.6 Å². The Morgan fingerprint density at radius 3 is 2.79 bits per heavy atom. The molecule has 0 radical (unpaired) electrons. The lowest BCUT2D eigenvalue weighted by Crippen LogP contribution is -2.48. The second-order valence-electron chi connectivity index (χ2n) is 4.78. The molecule has 1 aliphatic rings. The van der Waals surface area contributed by atoms with Crippen LogP contribution in [0.1, 0.15) is 35.2 Å². The summed E-state index contributed by atoms with van der Waals surface area (Å²) in [6, 6.07) is 4.49. The van der Waals surface area contributed by atoms with Crippen molar-refractivity contribution < 1.29 is 14.7 Å². The summed E-state index contributed by atoms with van der Waals surface area (Å²) in [6.45, 7) is 2.30. The van der Waals surface area contributed by atoms with Crippen molar-refractivity contribution in [3.63, 3.8) is 0 Å². The van der Waals surface area contributed by atoms with Crippen LogP contribution in [0.15, 0.2) is 18.2 Å². The molecule has 1 heterocycles. The molecule has 1 aromatic carbocycles. The molecule has 2 rings (SSSR count). The second kappa shape index (κ2) is 5.61. The Labute approximate surface area is 117 Å². The summed E-state index contributed by atoms with van der Waals surface area (Å²) in [6.07, 6.45) is 2.17. The minimum atomic E-state index is -0.947. The Hall–Kier alpha value is -1.55. The Kier molecular flexibility index (Phi) is 4.10. The van der Waals surface area contributed by atoms with Gasteiger partial charge in [0, 0.05) is 6.54 Å². The highest BCUT2D eigenvalue weighted by atomic mass is 35.5. The third kappa shape index (κ3) is 2.73. The van der Waals surface area contributed by atoms with Gasteiger partial charge in [-0.15, -0.1) is 0 Å². The molecule has 102 valence electrons. The van der Waals surface area contributed by atoms with Gasteiger partial charge < -0.3 is 10.0 Å². The van der Waals surface area contributed by atoms with E-state index in [1.807, 2.05) is 13.0 Å². The third-order valence-electron chi connectivity index (χ3n) is 3.47. The minimum Gasteiger partial charge on any atom is -0.480 e. The number of carboxylic acid groups (broad SMARTS) is 1. The fourth-order valence-corrected chi connectivity index (χ4v) is 2.61. The van der Waals surface area contributed by atoms with Gasteiger partial charge in [-0.3, -0.25) is 4.79 Å². The molecule has 4 nitrogen and oxygen atoms in total. The first kappa shape index (κ1) is 13.9. The number of nitrogens with zero attached hydrogens (tertiary/aromatic N) is 1. The third-order valence-corrected chi connectivity index (χ3v) is 3.97. The Balaban J connectivity index is 2.31. The molecule has 0 aliphatic carbocycles. The quantitative estimate of drug-likeness (QED) is 0.907. The highest BCUT2D eigenvalue weighted by Crippen LogP contribution is 2.25. The number of hydrogen-bond donors (Lipinski definition) is 1. The number of carbonyl (C=O) groups excluding carboxylic acids is 1. The van der Waals surface area contributed by atoms with E-state index in [9.17, 15) is 14.7 Å². The molecule has 1 N–H and O–H groups in total. The Bertz CT molecular complexity index is 515. The van der Waals surface area contributed by atoms with Crippen molar-refractivity contribution in [2.24, 2.45) is 0 Å². The monoisotopic (exact) mass is 281 g/mol. The number of benzene rings is 1. The van der Waals surface area contributed by atoms with E-state index in [0.717, 1.165) is 18.4 Å². The zero-order chi connectivity index (χ0) is 14.0. The van der Waals surface area contributed by atoms with Crippen LogP contribution in [0, 0.1) is 6.92 Å². The van der Waals surface area contributed by atoms with E-state index < -0.39 is 12.0 Å². The molecule has 0 bridgehead atoms. The van der Waals surface area contributed by atoms with Crippen LogP contribution in [0.25, 0.3) is 0 Å². The number of halogens is 1. The lowest BCUT2D eigenvalue weighted by molar-refractivity contribution is -0.143. The topological polar surface area (TPSA) is 57.6 Å². The van der Waals surface area contributed by atoms with Crippen molar-refractivity contribution in [3.05, 3.63) is 34.3 Å². The highest BCUT2D eigenvalue weighted by Gasteiger charge is 2.33. The van der Waals surface area contributed by atoms with E-state index in [1.54, 1.807) is 12.1 Å². The van der Waals surface area contributed by atoms with Gasteiger partial charge in [-0.1, -0.05) is 23.7 Å². The molecule has 0 saturated carbocycles. The molecule has 1 atom stereocenters. The molecule has 1 aliphatic heterocycles. The van der Waals surface area contributed by atoms with Gasteiger partial charge in [-0.05, 0) is 37.8 Å². The summed E-state index contributed by atoms with van der Waals surface area (Å²) in [5.74, 6) is -1.24. The van der Waals surface area contributed by atoms with Gasteiger partial charge in [0.2, 0.25) is 0 Å². The Morgan fingerprint density at radius 1 is 1.37 bits per heavy atom. The zero-order valence-corrected chi connectivity index (χ0v) is 11.5. The molecule has 1 saturated heterocycles. The van der Waals surface area contributed by atoms with Crippen molar-refractivity contribution in [3.8, 4) is 0 Å². The largest absolute Gasteiger partial charge is 0.480 e. The van der Waals surface area contributed by atoms with Crippen LogP contribution in [0.2, 0.25) is 5.02 Å². The molecule has 0 aromatic heterocycles. The van der Waals surface area contributed by atoms with Crippen molar-refractivity contribution in [2.75, 3.05) is 6.54 Å². The SMILES string of the molecule is Cc1cccc(C(=O)N2CCCC[C@H]2C(=O)O)c1Cl. The van der Waals surface area contributed by atoms with Gasteiger partial charge in [0.25, 0.3) is 5.91 Å². The summed E-state index contributed by atoms with van der Waals surface area (Å²) in [7, 11) is 0. The van der Waals surface area contributed by atoms with Crippen LogP contribution in [-0.2, 0) is 4.79 Å². The van der Waals surface area contributed by atoms with Gasteiger partial charge in [0.15, 0.2) is 0 Å². The molecular formula is C14H16ClNO3. The van der Waals surface area contributed by atoms with Gasteiger partial charge in [-0.2, -0.15) is 0 Å². The lowest BCUT2D eigenvalue weighted by atomic mass is 10.0. The summed E-state index contributed by atoms with van der Waals surface area (Å²) < 4.78 is 0. The maximum atomic E-state index is 12.5. The first-order chi connectivity index (χ1) is 9.02. The first-order valence-corrected chi connectivity index (χ1v) is 6.69. The average molecular weight is 282 g/mol. The number of amides is 1. The van der Waals surface area contributed by atoms with Crippen LogP contribution in [0.3, 0.4) is 0 Å². The van der Waals surface area contributed by atoms with Crippen molar-refractivity contribution in [1.82, 2.24) is 4.90 Å².